The molecule has 2 saturated heterocycles. The molecule has 2 N–H and O–H groups in total. The Morgan fingerprint density at radius 1 is 1.00 bits per heavy atom. The fourth-order valence-corrected chi connectivity index (χ4v) is 4.76. The van der Waals surface area contributed by atoms with Gasteiger partial charge in [-0.2, -0.15) is 0 Å². The second kappa shape index (κ2) is 11.2. The molecule has 3 heterocycles. The molecular formula is C27H38N6O4. The largest absolute Gasteiger partial charge is 0.444 e. The maximum atomic E-state index is 12.8. The van der Waals surface area contributed by atoms with Gasteiger partial charge in [-0.05, 0) is 52.7 Å². The first kappa shape index (κ1) is 26.5. The average molecular weight is 511 g/mol. The summed E-state index contributed by atoms with van der Waals surface area (Å²) in [4.78, 5) is 51.4. The van der Waals surface area contributed by atoms with E-state index >= 15 is 0 Å². The molecule has 2 aromatic rings. The maximum Gasteiger partial charge on any atom is 0.410 e. The van der Waals surface area contributed by atoms with Gasteiger partial charge in [0.25, 0.3) is 5.91 Å². The Morgan fingerprint density at radius 2 is 1.65 bits per heavy atom. The van der Waals surface area contributed by atoms with Crippen LogP contribution in [0.1, 0.15) is 61.5 Å². The van der Waals surface area contributed by atoms with E-state index in [1.54, 1.807) is 9.80 Å². The number of aromatic amines is 1. The van der Waals surface area contributed by atoms with Crippen LogP contribution in [0.5, 0.6) is 0 Å². The second-order valence-electron chi connectivity index (χ2n) is 10.7. The van der Waals surface area contributed by atoms with Crippen molar-refractivity contribution in [1.82, 2.24) is 25.1 Å². The lowest BCUT2D eigenvalue weighted by Gasteiger charge is -2.36. The van der Waals surface area contributed by atoms with E-state index in [2.05, 4.69) is 32.3 Å². The number of likely N-dealkylation sites (tertiary alicyclic amines) is 1. The summed E-state index contributed by atoms with van der Waals surface area (Å²) in [6.07, 6.45) is 1.18. The summed E-state index contributed by atoms with van der Waals surface area (Å²) in [7, 11) is 0. The number of aryl methyl sites for hydroxylation is 1. The summed E-state index contributed by atoms with van der Waals surface area (Å²) in [6, 6.07) is 10.2. The van der Waals surface area contributed by atoms with Gasteiger partial charge in [0.2, 0.25) is 5.91 Å². The number of rotatable bonds is 5. The van der Waals surface area contributed by atoms with Gasteiger partial charge < -0.3 is 29.7 Å². The number of hydrogen-bond acceptors (Lipinski definition) is 6. The van der Waals surface area contributed by atoms with Crippen molar-refractivity contribution in [3.05, 3.63) is 47.5 Å². The first-order valence-corrected chi connectivity index (χ1v) is 13.0. The van der Waals surface area contributed by atoms with E-state index in [4.69, 9.17) is 4.74 Å². The third kappa shape index (κ3) is 6.81. The van der Waals surface area contributed by atoms with E-state index in [1.165, 1.54) is 0 Å². The van der Waals surface area contributed by atoms with Crippen molar-refractivity contribution in [3.8, 4) is 0 Å². The highest BCUT2D eigenvalue weighted by Crippen LogP contribution is 2.27. The van der Waals surface area contributed by atoms with E-state index in [0.717, 1.165) is 37.4 Å². The molecule has 4 rings (SSSR count). The van der Waals surface area contributed by atoms with Crippen molar-refractivity contribution in [2.24, 2.45) is 0 Å². The minimum Gasteiger partial charge on any atom is -0.444 e. The van der Waals surface area contributed by atoms with Crippen LogP contribution in [-0.2, 0) is 9.53 Å². The molecule has 1 aromatic carbocycles. The summed E-state index contributed by atoms with van der Waals surface area (Å²) in [5, 5.41) is 2.74. The highest BCUT2D eigenvalue weighted by Gasteiger charge is 2.30. The normalized spacial score (nSPS) is 17.0. The number of para-hydroxylation sites is 1. The molecule has 1 aromatic heterocycles. The molecule has 0 saturated carbocycles. The smallest absolute Gasteiger partial charge is 0.410 e. The van der Waals surface area contributed by atoms with Gasteiger partial charge in [-0.3, -0.25) is 9.59 Å². The highest BCUT2D eigenvalue weighted by atomic mass is 16.6. The Kier molecular flexibility index (Phi) is 8.04. The molecule has 2 aliphatic heterocycles. The molecule has 0 bridgehead atoms. The number of carbonyl (C=O) groups excluding carboxylic acids is 3. The van der Waals surface area contributed by atoms with Gasteiger partial charge in [0.05, 0.1) is 6.54 Å². The number of piperidine rings is 1. The summed E-state index contributed by atoms with van der Waals surface area (Å²) in [5.41, 5.74) is 1.62. The Hall–Kier alpha value is -3.56. The number of nitrogens with one attached hydrogen (secondary N) is 2. The summed E-state index contributed by atoms with van der Waals surface area (Å²) in [5.74, 6) is 0.419. The first-order chi connectivity index (χ1) is 17.6. The van der Waals surface area contributed by atoms with Gasteiger partial charge in [-0.15, -0.1) is 0 Å². The summed E-state index contributed by atoms with van der Waals surface area (Å²) in [6.45, 7) is 11.2. The van der Waals surface area contributed by atoms with Crippen LogP contribution in [0.25, 0.3) is 0 Å². The number of aromatic nitrogens is 2. The highest BCUT2D eigenvalue weighted by molar-refractivity contribution is 5.95. The van der Waals surface area contributed by atoms with Crippen LogP contribution >= 0.6 is 0 Å². The SMILES string of the molecule is Cc1[nH]c(C2CCN(C(=O)OC(C)(C)C)CC2)nc1C(=O)NCC(=O)N1CCN(c2ccccc2)CC1. The second-order valence-corrected chi connectivity index (χ2v) is 10.7. The molecule has 37 heavy (non-hydrogen) atoms. The van der Waals surface area contributed by atoms with Crippen LogP contribution < -0.4 is 10.2 Å². The number of anilines is 1. The van der Waals surface area contributed by atoms with E-state index in [-0.39, 0.29) is 30.4 Å². The molecule has 10 nitrogen and oxygen atoms in total. The fraction of sp³-hybridized carbons (Fsp3) is 0.556. The number of carbonyl (C=O) groups is 3. The van der Waals surface area contributed by atoms with E-state index in [1.807, 2.05) is 45.9 Å². The van der Waals surface area contributed by atoms with Crippen LogP contribution in [-0.4, -0.2) is 89.1 Å². The topological polar surface area (TPSA) is 111 Å². The minimum atomic E-state index is -0.522. The molecule has 0 unspecified atom stereocenters. The van der Waals surface area contributed by atoms with Gasteiger partial charge in [-0.25, -0.2) is 9.78 Å². The lowest BCUT2D eigenvalue weighted by Crippen LogP contribution is -2.51. The number of piperazine rings is 1. The number of ether oxygens (including phenoxy) is 1. The molecule has 2 fully saturated rings. The minimum absolute atomic E-state index is 0.0555. The zero-order valence-corrected chi connectivity index (χ0v) is 22.2. The summed E-state index contributed by atoms with van der Waals surface area (Å²) >= 11 is 0. The number of H-pyrrole nitrogens is 1. The zero-order chi connectivity index (χ0) is 26.6. The van der Waals surface area contributed by atoms with Crippen molar-refractivity contribution in [2.45, 2.75) is 52.1 Å². The standard InChI is InChI=1S/C27H38N6O4/c1-19-23(30-24(29-19)20-10-12-33(13-11-20)26(36)37-27(2,3)4)25(35)28-18-22(34)32-16-14-31(15-17-32)21-8-6-5-7-9-21/h5-9,20H,10-18H2,1-4H3,(H,28,35)(H,29,30). The first-order valence-electron chi connectivity index (χ1n) is 13.0. The van der Waals surface area contributed by atoms with E-state index < -0.39 is 5.60 Å². The Balaban J connectivity index is 1.24. The molecule has 0 aliphatic carbocycles. The summed E-state index contributed by atoms with van der Waals surface area (Å²) < 4.78 is 5.47. The molecule has 200 valence electrons. The number of hydrogen-bond donors (Lipinski definition) is 2. The Labute approximate surface area is 218 Å². The Morgan fingerprint density at radius 3 is 2.27 bits per heavy atom. The molecule has 0 radical (unpaired) electrons. The molecule has 0 spiro atoms. The number of benzene rings is 1. The molecular weight excluding hydrogens is 472 g/mol. The van der Waals surface area contributed by atoms with Crippen molar-refractivity contribution in [2.75, 3.05) is 50.7 Å². The van der Waals surface area contributed by atoms with Gasteiger partial charge in [0, 0.05) is 56.6 Å². The number of nitrogens with zero attached hydrogens (tertiary/aromatic N) is 4. The number of imidazole rings is 1. The molecule has 10 heteroatoms. The molecule has 2 aliphatic rings. The third-order valence-corrected chi connectivity index (χ3v) is 6.81. The van der Waals surface area contributed by atoms with Crippen molar-refractivity contribution < 1.29 is 19.1 Å². The quantitative estimate of drug-likeness (QED) is 0.640. The van der Waals surface area contributed by atoms with Crippen LogP contribution in [0.2, 0.25) is 0 Å². The van der Waals surface area contributed by atoms with Crippen molar-refractivity contribution in [3.63, 3.8) is 0 Å². The fourth-order valence-electron chi connectivity index (χ4n) is 4.76. The zero-order valence-electron chi connectivity index (χ0n) is 22.2. The lowest BCUT2D eigenvalue weighted by atomic mass is 9.96. The van der Waals surface area contributed by atoms with Crippen LogP contribution in [0, 0.1) is 6.92 Å². The van der Waals surface area contributed by atoms with Crippen molar-refractivity contribution in [1.29, 1.82) is 0 Å². The lowest BCUT2D eigenvalue weighted by molar-refractivity contribution is -0.130. The predicted octanol–water partition coefficient (Wildman–Crippen LogP) is 2.91. The van der Waals surface area contributed by atoms with Gasteiger partial charge >= 0.3 is 6.09 Å². The average Bonchev–Trinajstić information content (AvgIpc) is 3.28. The third-order valence-electron chi connectivity index (χ3n) is 6.81. The van der Waals surface area contributed by atoms with Crippen LogP contribution in [0.4, 0.5) is 10.5 Å². The monoisotopic (exact) mass is 510 g/mol. The predicted molar refractivity (Wildman–Crippen MR) is 141 cm³/mol. The van der Waals surface area contributed by atoms with Crippen LogP contribution in [0.15, 0.2) is 30.3 Å². The molecule has 3 amide bonds. The number of amides is 3. The van der Waals surface area contributed by atoms with E-state index in [9.17, 15) is 14.4 Å². The van der Waals surface area contributed by atoms with Crippen molar-refractivity contribution >= 4 is 23.6 Å². The Bertz CT molecular complexity index is 1090. The van der Waals surface area contributed by atoms with Gasteiger partial charge in [0.1, 0.15) is 17.1 Å². The molecule has 0 atom stereocenters. The van der Waals surface area contributed by atoms with Gasteiger partial charge in [0.15, 0.2) is 0 Å². The van der Waals surface area contributed by atoms with E-state index in [0.29, 0.717) is 37.6 Å². The van der Waals surface area contributed by atoms with Crippen LogP contribution in [0.3, 0.4) is 0 Å². The maximum absolute atomic E-state index is 12.8. The van der Waals surface area contributed by atoms with Gasteiger partial charge in [-0.1, -0.05) is 18.2 Å².